The molecule has 2 N–H and O–H groups in total. The van der Waals surface area contributed by atoms with Crippen LogP contribution in [0.4, 0.5) is 0 Å². The number of hydrogen-bond donors (Lipinski definition) is 2. The zero-order valence-electron chi connectivity index (χ0n) is 10.0. The average molecular weight is 399 g/mol. The molecule has 0 bridgehead atoms. The van der Waals surface area contributed by atoms with Crippen LogP contribution in [-0.2, 0) is 0 Å². The number of aromatic nitrogens is 1. The first-order chi connectivity index (χ1) is 9.58. The quantitative estimate of drug-likeness (QED) is 0.616. The van der Waals surface area contributed by atoms with Crippen LogP contribution in [0.15, 0.2) is 50.6 Å². The molecule has 0 aliphatic rings. The first-order valence-electron chi connectivity index (χ1n) is 5.50. The summed E-state index contributed by atoms with van der Waals surface area (Å²) in [6.07, 6.45) is 2.88. The van der Waals surface area contributed by atoms with Crippen LogP contribution in [-0.4, -0.2) is 22.2 Å². The number of aromatic hydroxyl groups is 1. The van der Waals surface area contributed by atoms with E-state index in [4.69, 9.17) is 0 Å². The van der Waals surface area contributed by atoms with Gasteiger partial charge < -0.3 is 5.11 Å². The van der Waals surface area contributed by atoms with Gasteiger partial charge in [0.25, 0.3) is 5.91 Å². The number of benzene rings is 1. The van der Waals surface area contributed by atoms with Crippen molar-refractivity contribution < 1.29 is 9.90 Å². The smallest absolute Gasteiger partial charge is 0.289 e. The zero-order chi connectivity index (χ0) is 14.5. The number of amides is 1. The molecular weight excluding hydrogens is 390 g/mol. The Morgan fingerprint density at radius 3 is 2.85 bits per heavy atom. The van der Waals surface area contributed by atoms with Crippen LogP contribution in [0.1, 0.15) is 16.1 Å². The van der Waals surface area contributed by atoms with Crippen LogP contribution < -0.4 is 5.43 Å². The van der Waals surface area contributed by atoms with Crippen LogP contribution in [0.25, 0.3) is 0 Å². The van der Waals surface area contributed by atoms with Gasteiger partial charge in [-0.3, -0.25) is 9.78 Å². The minimum atomic E-state index is -0.421. The molecule has 0 fully saturated rings. The molecule has 1 amide bonds. The highest BCUT2D eigenvalue weighted by molar-refractivity contribution is 9.11. The fraction of sp³-hybridized carbons (Fsp3) is 0. The highest BCUT2D eigenvalue weighted by atomic mass is 79.9. The zero-order valence-corrected chi connectivity index (χ0v) is 13.2. The molecule has 0 saturated heterocycles. The van der Waals surface area contributed by atoms with Gasteiger partial charge >= 0.3 is 0 Å². The summed E-state index contributed by atoms with van der Waals surface area (Å²) in [6.45, 7) is 0. The number of hydrazone groups is 1. The summed E-state index contributed by atoms with van der Waals surface area (Å²) in [6, 6.07) is 8.40. The van der Waals surface area contributed by atoms with E-state index in [0.717, 1.165) is 4.47 Å². The van der Waals surface area contributed by atoms with E-state index in [0.29, 0.717) is 10.0 Å². The largest absolute Gasteiger partial charge is 0.506 e. The molecule has 1 aromatic heterocycles. The van der Waals surface area contributed by atoms with E-state index >= 15 is 0 Å². The summed E-state index contributed by atoms with van der Waals surface area (Å²) < 4.78 is 1.31. The van der Waals surface area contributed by atoms with Gasteiger partial charge in [0.15, 0.2) is 0 Å². The number of phenols is 1. The minimum absolute atomic E-state index is 0.0454. The van der Waals surface area contributed by atoms with Gasteiger partial charge in [0.2, 0.25) is 0 Å². The molecule has 5 nitrogen and oxygen atoms in total. The lowest BCUT2D eigenvalue weighted by atomic mass is 10.2. The average Bonchev–Trinajstić information content (AvgIpc) is 2.44. The van der Waals surface area contributed by atoms with Gasteiger partial charge in [0.05, 0.1) is 10.7 Å². The van der Waals surface area contributed by atoms with E-state index < -0.39 is 5.91 Å². The third kappa shape index (κ3) is 3.64. The second-order valence-electron chi connectivity index (χ2n) is 3.74. The van der Waals surface area contributed by atoms with Crippen molar-refractivity contribution in [3.63, 3.8) is 0 Å². The summed E-state index contributed by atoms with van der Waals surface area (Å²) in [5, 5.41) is 13.6. The number of carbonyl (C=O) groups excluding carboxylic acids is 1. The van der Waals surface area contributed by atoms with Crippen molar-refractivity contribution in [2.75, 3.05) is 0 Å². The summed E-state index contributed by atoms with van der Waals surface area (Å²) in [5.41, 5.74) is 3.07. The lowest BCUT2D eigenvalue weighted by Crippen LogP contribution is -2.18. The number of pyridine rings is 1. The summed E-state index contributed by atoms with van der Waals surface area (Å²) in [7, 11) is 0. The first kappa shape index (κ1) is 14.7. The van der Waals surface area contributed by atoms with Crippen molar-refractivity contribution in [1.82, 2.24) is 10.4 Å². The summed E-state index contributed by atoms with van der Waals surface area (Å²) in [4.78, 5) is 15.6. The lowest BCUT2D eigenvalue weighted by molar-refractivity contribution is 0.0950. The standard InChI is InChI=1S/C13H9Br2N3O2/c14-9-5-8(12(19)10(15)6-9)7-17-18-13(20)11-3-1-2-4-16-11/h1-7,19H,(H,18,20)/b17-7-. The third-order valence-electron chi connectivity index (χ3n) is 2.32. The van der Waals surface area contributed by atoms with Crippen LogP contribution in [0.3, 0.4) is 0 Å². The predicted octanol–water partition coefficient (Wildman–Crippen LogP) is 3.08. The summed E-state index contributed by atoms with van der Waals surface area (Å²) in [5.74, 6) is -0.376. The van der Waals surface area contributed by atoms with Gasteiger partial charge in [-0.1, -0.05) is 22.0 Å². The van der Waals surface area contributed by atoms with E-state index in [1.54, 1.807) is 30.3 Å². The number of rotatable bonds is 3. The number of carbonyl (C=O) groups is 1. The number of nitrogens with zero attached hydrogens (tertiary/aromatic N) is 2. The number of nitrogens with one attached hydrogen (secondary N) is 1. The second-order valence-corrected chi connectivity index (χ2v) is 5.51. The molecule has 0 radical (unpaired) electrons. The Bertz CT molecular complexity index is 660. The van der Waals surface area contributed by atoms with Crippen LogP contribution in [0.2, 0.25) is 0 Å². The van der Waals surface area contributed by atoms with Crippen molar-refractivity contribution in [2.24, 2.45) is 5.10 Å². The second kappa shape index (κ2) is 6.62. The fourth-order valence-corrected chi connectivity index (χ4v) is 2.66. The highest BCUT2D eigenvalue weighted by Crippen LogP contribution is 2.30. The predicted molar refractivity (Wildman–Crippen MR) is 82.8 cm³/mol. The molecule has 0 spiro atoms. The molecule has 7 heteroatoms. The van der Waals surface area contributed by atoms with Gasteiger partial charge in [-0.25, -0.2) is 5.43 Å². The van der Waals surface area contributed by atoms with Gasteiger partial charge in [-0.2, -0.15) is 5.10 Å². The maximum absolute atomic E-state index is 11.7. The van der Waals surface area contributed by atoms with Crippen LogP contribution in [0.5, 0.6) is 5.75 Å². The molecule has 102 valence electrons. The van der Waals surface area contributed by atoms with E-state index in [9.17, 15) is 9.90 Å². The SMILES string of the molecule is O=C(N/N=C\c1cc(Br)cc(Br)c1O)c1ccccn1. The van der Waals surface area contributed by atoms with E-state index in [2.05, 4.69) is 47.4 Å². The Morgan fingerprint density at radius 2 is 2.15 bits per heavy atom. The summed E-state index contributed by atoms with van der Waals surface area (Å²) >= 11 is 6.52. The molecule has 0 unspecified atom stereocenters. The van der Waals surface area contributed by atoms with E-state index in [-0.39, 0.29) is 11.4 Å². The number of hydrogen-bond acceptors (Lipinski definition) is 4. The maximum atomic E-state index is 11.7. The molecule has 1 heterocycles. The monoisotopic (exact) mass is 397 g/mol. The van der Waals surface area contributed by atoms with E-state index in [1.165, 1.54) is 12.4 Å². The Kier molecular flexibility index (Phi) is 4.86. The van der Waals surface area contributed by atoms with Crippen molar-refractivity contribution in [1.29, 1.82) is 0 Å². The first-order valence-corrected chi connectivity index (χ1v) is 7.09. The lowest BCUT2D eigenvalue weighted by Gasteiger charge is -2.03. The molecule has 0 aliphatic carbocycles. The van der Waals surface area contributed by atoms with Gasteiger partial charge in [-0.05, 0) is 40.2 Å². The third-order valence-corrected chi connectivity index (χ3v) is 3.39. The number of halogens is 2. The molecule has 0 atom stereocenters. The van der Waals surface area contributed by atoms with Gasteiger partial charge in [-0.15, -0.1) is 0 Å². The molecule has 20 heavy (non-hydrogen) atoms. The Labute approximate surface area is 132 Å². The van der Waals surface area contributed by atoms with E-state index in [1.807, 2.05) is 0 Å². The van der Waals surface area contributed by atoms with Gasteiger partial charge in [0, 0.05) is 16.2 Å². The van der Waals surface area contributed by atoms with Crippen molar-refractivity contribution in [3.8, 4) is 5.75 Å². The van der Waals surface area contributed by atoms with Crippen molar-refractivity contribution >= 4 is 44.0 Å². The van der Waals surface area contributed by atoms with Gasteiger partial charge in [0.1, 0.15) is 11.4 Å². The normalized spacial score (nSPS) is 10.7. The fourth-order valence-electron chi connectivity index (χ4n) is 1.40. The molecule has 2 rings (SSSR count). The molecular formula is C13H9Br2N3O2. The van der Waals surface area contributed by atoms with Crippen molar-refractivity contribution in [3.05, 3.63) is 56.7 Å². The molecule has 1 aromatic carbocycles. The Morgan fingerprint density at radius 1 is 1.35 bits per heavy atom. The molecule has 0 aliphatic heterocycles. The van der Waals surface area contributed by atoms with Crippen LogP contribution in [0, 0.1) is 0 Å². The number of phenolic OH excluding ortho intramolecular Hbond substituents is 1. The molecule has 2 aromatic rings. The van der Waals surface area contributed by atoms with Crippen LogP contribution >= 0.6 is 31.9 Å². The minimum Gasteiger partial charge on any atom is -0.506 e. The Balaban J connectivity index is 2.10. The molecule has 0 saturated carbocycles. The Hall–Kier alpha value is -1.73. The topological polar surface area (TPSA) is 74.6 Å². The maximum Gasteiger partial charge on any atom is 0.289 e. The highest BCUT2D eigenvalue weighted by Gasteiger charge is 2.06. The van der Waals surface area contributed by atoms with Crippen molar-refractivity contribution in [2.45, 2.75) is 0 Å².